The van der Waals surface area contributed by atoms with Gasteiger partial charge in [-0.15, -0.1) is 0 Å². The average Bonchev–Trinajstić information content (AvgIpc) is 2.73. The van der Waals surface area contributed by atoms with Gasteiger partial charge in [0.25, 0.3) is 0 Å². The van der Waals surface area contributed by atoms with Gasteiger partial charge in [-0.1, -0.05) is 25.7 Å². The molecule has 1 aliphatic carbocycles. The highest BCUT2D eigenvalue weighted by molar-refractivity contribution is 5.82. The number of methoxy groups -OCH3 is 2. The van der Waals surface area contributed by atoms with Crippen LogP contribution in [-0.4, -0.2) is 40.8 Å². The maximum atomic E-state index is 11.8. The summed E-state index contributed by atoms with van der Waals surface area (Å²) >= 11 is 0. The van der Waals surface area contributed by atoms with Crippen molar-refractivity contribution in [1.29, 1.82) is 0 Å². The number of anilines is 1. The molecule has 0 unspecified atom stereocenters. The second-order valence-electron chi connectivity index (χ2n) is 5.20. The van der Waals surface area contributed by atoms with Crippen LogP contribution in [0.4, 0.5) is 5.95 Å². The van der Waals surface area contributed by atoms with Gasteiger partial charge in [-0.25, -0.2) is 4.79 Å². The molecule has 1 aliphatic rings. The van der Waals surface area contributed by atoms with E-state index in [-0.39, 0.29) is 5.95 Å². The molecule has 7 heteroatoms. The first-order valence-corrected chi connectivity index (χ1v) is 7.08. The smallest absolute Gasteiger partial charge is 0.329 e. The van der Waals surface area contributed by atoms with Crippen LogP contribution in [0.2, 0.25) is 0 Å². The number of aliphatic carboxylic acids is 1. The minimum absolute atomic E-state index is 0.218. The zero-order chi connectivity index (χ0) is 15.3. The summed E-state index contributed by atoms with van der Waals surface area (Å²) in [5.74, 6) is 0.0160. The van der Waals surface area contributed by atoms with Crippen molar-refractivity contribution in [3.8, 4) is 11.8 Å². The van der Waals surface area contributed by atoms with Crippen LogP contribution in [0, 0.1) is 0 Å². The lowest BCUT2D eigenvalue weighted by Gasteiger charge is -2.29. The van der Waals surface area contributed by atoms with Crippen LogP contribution in [0.25, 0.3) is 0 Å². The highest BCUT2D eigenvalue weighted by atomic mass is 16.5. The topological polar surface area (TPSA) is 93.6 Å². The Morgan fingerprint density at radius 2 is 1.67 bits per heavy atom. The molecule has 1 fully saturated rings. The number of carboxylic acids is 1. The van der Waals surface area contributed by atoms with Crippen LogP contribution in [0.3, 0.4) is 0 Å². The van der Waals surface area contributed by atoms with Crippen LogP contribution in [0.15, 0.2) is 6.07 Å². The van der Waals surface area contributed by atoms with Gasteiger partial charge in [0.1, 0.15) is 5.54 Å². The van der Waals surface area contributed by atoms with E-state index in [1.807, 2.05) is 0 Å². The summed E-state index contributed by atoms with van der Waals surface area (Å²) < 4.78 is 10.2. The Hall–Kier alpha value is -2.05. The Balaban J connectivity index is 2.29. The summed E-state index contributed by atoms with van der Waals surface area (Å²) in [6.45, 7) is 0. The van der Waals surface area contributed by atoms with Crippen LogP contribution in [-0.2, 0) is 4.79 Å². The van der Waals surface area contributed by atoms with Gasteiger partial charge in [0.2, 0.25) is 17.7 Å². The molecule has 1 aromatic heterocycles. The van der Waals surface area contributed by atoms with E-state index in [0.717, 1.165) is 25.7 Å². The molecule has 0 spiro atoms. The average molecular weight is 295 g/mol. The molecular formula is C14H21N3O4. The lowest BCUT2D eigenvalue weighted by atomic mass is 9.90. The predicted octanol–water partition coefficient (Wildman–Crippen LogP) is 2.08. The summed E-state index contributed by atoms with van der Waals surface area (Å²) in [4.78, 5) is 20.1. The van der Waals surface area contributed by atoms with E-state index in [9.17, 15) is 9.90 Å². The van der Waals surface area contributed by atoms with Gasteiger partial charge >= 0.3 is 5.97 Å². The molecule has 0 radical (unpaired) electrons. The normalized spacial score (nSPS) is 17.6. The summed E-state index contributed by atoms with van der Waals surface area (Å²) in [6, 6.07) is 1.55. The number of carboxylic acid groups (broad SMARTS) is 1. The van der Waals surface area contributed by atoms with Crippen molar-refractivity contribution < 1.29 is 19.4 Å². The Labute approximate surface area is 123 Å². The van der Waals surface area contributed by atoms with Crippen molar-refractivity contribution >= 4 is 11.9 Å². The van der Waals surface area contributed by atoms with E-state index in [1.54, 1.807) is 6.07 Å². The third-order valence-electron chi connectivity index (χ3n) is 3.81. The van der Waals surface area contributed by atoms with E-state index in [2.05, 4.69) is 15.3 Å². The molecule has 0 bridgehead atoms. The van der Waals surface area contributed by atoms with Crippen LogP contribution >= 0.6 is 0 Å². The lowest BCUT2D eigenvalue weighted by molar-refractivity contribution is -0.142. The zero-order valence-electron chi connectivity index (χ0n) is 12.4. The maximum absolute atomic E-state index is 11.8. The van der Waals surface area contributed by atoms with E-state index >= 15 is 0 Å². The number of nitrogens with zero attached hydrogens (tertiary/aromatic N) is 2. The van der Waals surface area contributed by atoms with Crippen molar-refractivity contribution in [3.05, 3.63) is 6.07 Å². The van der Waals surface area contributed by atoms with Crippen molar-refractivity contribution in [1.82, 2.24) is 9.97 Å². The second-order valence-corrected chi connectivity index (χ2v) is 5.20. The molecule has 0 atom stereocenters. The van der Waals surface area contributed by atoms with Crippen molar-refractivity contribution in [2.75, 3.05) is 19.5 Å². The largest absolute Gasteiger partial charge is 0.481 e. The fraction of sp³-hybridized carbons (Fsp3) is 0.643. The molecule has 0 aromatic carbocycles. The van der Waals surface area contributed by atoms with E-state index in [4.69, 9.17) is 9.47 Å². The fourth-order valence-corrected chi connectivity index (χ4v) is 2.61. The maximum Gasteiger partial charge on any atom is 0.329 e. The summed E-state index contributed by atoms with van der Waals surface area (Å²) in [5, 5.41) is 12.6. The highest BCUT2D eigenvalue weighted by Gasteiger charge is 2.39. The van der Waals surface area contributed by atoms with Gasteiger partial charge in [-0.2, -0.15) is 9.97 Å². The summed E-state index contributed by atoms with van der Waals surface area (Å²) in [7, 11) is 2.98. The number of carbonyl (C=O) groups is 1. The van der Waals surface area contributed by atoms with Crippen LogP contribution in [0.5, 0.6) is 11.8 Å². The van der Waals surface area contributed by atoms with Gasteiger partial charge in [-0.05, 0) is 12.8 Å². The molecule has 0 aliphatic heterocycles. The molecular weight excluding hydrogens is 274 g/mol. The van der Waals surface area contributed by atoms with E-state index in [0.29, 0.717) is 24.6 Å². The van der Waals surface area contributed by atoms with Gasteiger partial charge in [0.15, 0.2) is 0 Å². The first-order chi connectivity index (χ1) is 10.1. The molecule has 0 saturated heterocycles. The lowest BCUT2D eigenvalue weighted by Crippen LogP contribution is -2.46. The Morgan fingerprint density at radius 1 is 1.14 bits per heavy atom. The van der Waals surface area contributed by atoms with E-state index < -0.39 is 11.5 Å². The highest BCUT2D eigenvalue weighted by Crippen LogP contribution is 2.31. The first-order valence-electron chi connectivity index (χ1n) is 7.08. The Bertz CT molecular complexity index is 477. The minimum atomic E-state index is -1.02. The fourth-order valence-electron chi connectivity index (χ4n) is 2.61. The Morgan fingerprint density at radius 3 is 2.10 bits per heavy atom. The standard InChI is InChI=1S/C14H21N3O4/c1-20-10-9-11(21-2)16-13(15-10)17-14(12(18)19)7-5-3-4-6-8-14/h9H,3-8H2,1-2H3,(H,18,19)(H,15,16,17). The number of hydrogen-bond acceptors (Lipinski definition) is 6. The summed E-state index contributed by atoms with van der Waals surface area (Å²) in [6.07, 6.45) is 4.98. The molecule has 1 aromatic rings. The van der Waals surface area contributed by atoms with Crippen molar-refractivity contribution in [2.24, 2.45) is 0 Å². The molecule has 116 valence electrons. The summed E-state index contributed by atoms with van der Waals surface area (Å²) in [5.41, 5.74) is -1.02. The Kier molecular flexibility index (Phi) is 4.82. The van der Waals surface area contributed by atoms with Crippen LogP contribution in [0.1, 0.15) is 38.5 Å². The van der Waals surface area contributed by atoms with Gasteiger partial charge in [-0.3, -0.25) is 0 Å². The predicted molar refractivity (Wildman–Crippen MR) is 76.8 cm³/mol. The van der Waals surface area contributed by atoms with Gasteiger partial charge < -0.3 is 19.9 Å². The minimum Gasteiger partial charge on any atom is -0.481 e. The van der Waals surface area contributed by atoms with Crippen molar-refractivity contribution in [2.45, 2.75) is 44.1 Å². The monoisotopic (exact) mass is 295 g/mol. The van der Waals surface area contributed by atoms with Crippen LogP contribution < -0.4 is 14.8 Å². The van der Waals surface area contributed by atoms with Gasteiger partial charge in [0.05, 0.1) is 20.3 Å². The third-order valence-corrected chi connectivity index (χ3v) is 3.81. The number of hydrogen-bond donors (Lipinski definition) is 2. The zero-order valence-corrected chi connectivity index (χ0v) is 12.4. The van der Waals surface area contributed by atoms with Gasteiger partial charge in [0, 0.05) is 0 Å². The third kappa shape index (κ3) is 3.53. The SMILES string of the molecule is COc1cc(OC)nc(NC2(C(=O)O)CCCCCC2)n1. The molecule has 0 amide bonds. The number of aromatic nitrogens is 2. The number of nitrogens with one attached hydrogen (secondary N) is 1. The molecule has 1 heterocycles. The first kappa shape index (κ1) is 15.3. The molecule has 1 saturated carbocycles. The van der Waals surface area contributed by atoms with E-state index in [1.165, 1.54) is 14.2 Å². The molecule has 2 rings (SSSR count). The van der Waals surface area contributed by atoms with Crippen molar-refractivity contribution in [3.63, 3.8) is 0 Å². The molecule has 21 heavy (non-hydrogen) atoms. The molecule has 7 nitrogen and oxygen atoms in total. The number of rotatable bonds is 5. The molecule has 2 N–H and O–H groups in total. The quantitative estimate of drug-likeness (QED) is 0.803. The second kappa shape index (κ2) is 6.60. The number of ether oxygens (including phenoxy) is 2.